The van der Waals surface area contributed by atoms with Gasteiger partial charge in [-0.05, 0) is 25.5 Å². The maximum Gasteiger partial charge on any atom is 0.226 e. The fraction of sp³-hybridized carbons (Fsp3) is 0.471. The third kappa shape index (κ3) is 7.06. The van der Waals surface area contributed by atoms with Crippen LogP contribution in [0.15, 0.2) is 24.3 Å². The minimum Gasteiger partial charge on any atom is -0.385 e. The lowest BCUT2D eigenvalue weighted by molar-refractivity contribution is -0.129. The Kier molecular flexibility index (Phi) is 7.97. The lowest BCUT2D eigenvalue weighted by atomic mass is 10.1. The Bertz CT molecular complexity index is 557. The molecule has 23 heavy (non-hydrogen) atoms. The molecule has 6 heteroatoms. The third-order valence-electron chi connectivity index (χ3n) is 3.38. The lowest BCUT2D eigenvalue weighted by Gasteiger charge is -2.20. The van der Waals surface area contributed by atoms with E-state index in [9.17, 15) is 14.4 Å². The number of ketones is 1. The van der Waals surface area contributed by atoms with Crippen molar-refractivity contribution in [2.24, 2.45) is 0 Å². The van der Waals surface area contributed by atoms with Gasteiger partial charge in [-0.1, -0.05) is 12.1 Å². The number of nitrogens with zero attached hydrogens (tertiary/aromatic N) is 1. The van der Waals surface area contributed by atoms with Crippen LogP contribution in [0.25, 0.3) is 0 Å². The molecule has 0 heterocycles. The standard InChI is InChI=1S/C17H24N2O4/c1-13(20)15-6-4-7-16(12-15)18-17(22)8-10-19(14(2)21)9-5-11-23-3/h4,6-7,12H,5,8-11H2,1-3H3,(H,18,22). The molecular formula is C17H24N2O4. The smallest absolute Gasteiger partial charge is 0.226 e. The molecule has 0 radical (unpaired) electrons. The Morgan fingerprint density at radius 2 is 1.91 bits per heavy atom. The molecule has 0 atom stereocenters. The summed E-state index contributed by atoms with van der Waals surface area (Å²) in [6.07, 6.45) is 0.940. The minimum absolute atomic E-state index is 0.0537. The number of rotatable bonds is 9. The fourth-order valence-electron chi connectivity index (χ4n) is 2.10. The maximum absolute atomic E-state index is 12.0. The summed E-state index contributed by atoms with van der Waals surface area (Å²) < 4.78 is 4.96. The highest BCUT2D eigenvalue weighted by Gasteiger charge is 2.11. The Morgan fingerprint density at radius 1 is 1.17 bits per heavy atom. The first-order valence-corrected chi connectivity index (χ1v) is 7.59. The van der Waals surface area contributed by atoms with Crippen LogP contribution in [-0.2, 0) is 14.3 Å². The van der Waals surface area contributed by atoms with Gasteiger partial charge in [-0.15, -0.1) is 0 Å². The van der Waals surface area contributed by atoms with E-state index in [0.29, 0.717) is 30.9 Å². The maximum atomic E-state index is 12.0. The predicted molar refractivity (Wildman–Crippen MR) is 88.4 cm³/mol. The number of carbonyl (C=O) groups excluding carboxylic acids is 3. The van der Waals surface area contributed by atoms with Gasteiger partial charge in [0.05, 0.1) is 0 Å². The molecule has 0 unspecified atom stereocenters. The van der Waals surface area contributed by atoms with E-state index < -0.39 is 0 Å². The first kappa shape index (κ1) is 18.8. The Morgan fingerprint density at radius 3 is 2.52 bits per heavy atom. The normalized spacial score (nSPS) is 10.2. The van der Waals surface area contributed by atoms with Crippen LogP contribution < -0.4 is 5.32 Å². The zero-order valence-electron chi connectivity index (χ0n) is 13.9. The van der Waals surface area contributed by atoms with Crippen molar-refractivity contribution in [2.75, 3.05) is 32.1 Å². The van der Waals surface area contributed by atoms with E-state index in [0.717, 1.165) is 6.42 Å². The second-order valence-electron chi connectivity index (χ2n) is 5.29. The Hall–Kier alpha value is -2.21. The minimum atomic E-state index is -0.191. The Labute approximate surface area is 136 Å². The molecule has 1 N–H and O–H groups in total. The van der Waals surface area contributed by atoms with Crippen LogP contribution in [0.4, 0.5) is 5.69 Å². The number of benzene rings is 1. The van der Waals surface area contributed by atoms with Crippen LogP contribution in [0.1, 0.15) is 37.0 Å². The van der Waals surface area contributed by atoms with Crippen LogP contribution in [0, 0.1) is 0 Å². The number of hydrogen-bond acceptors (Lipinski definition) is 4. The van der Waals surface area contributed by atoms with Gasteiger partial charge in [-0.3, -0.25) is 14.4 Å². The van der Waals surface area contributed by atoms with Crippen LogP contribution in [0.5, 0.6) is 0 Å². The van der Waals surface area contributed by atoms with E-state index in [1.165, 1.54) is 13.8 Å². The second kappa shape index (κ2) is 9.74. The fourth-order valence-corrected chi connectivity index (χ4v) is 2.10. The quantitative estimate of drug-likeness (QED) is 0.558. The highest BCUT2D eigenvalue weighted by atomic mass is 16.5. The molecule has 0 spiro atoms. The van der Waals surface area contributed by atoms with E-state index in [1.807, 2.05) is 0 Å². The van der Waals surface area contributed by atoms with E-state index in [1.54, 1.807) is 36.3 Å². The van der Waals surface area contributed by atoms with Gasteiger partial charge < -0.3 is 15.0 Å². The molecule has 0 saturated heterocycles. The average molecular weight is 320 g/mol. The molecular weight excluding hydrogens is 296 g/mol. The predicted octanol–water partition coefficient (Wildman–Crippen LogP) is 2.10. The van der Waals surface area contributed by atoms with E-state index >= 15 is 0 Å². The largest absolute Gasteiger partial charge is 0.385 e. The molecule has 2 amide bonds. The number of nitrogens with one attached hydrogen (secondary N) is 1. The molecule has 0 aliphatic heterocycles. The lowest BCUT2D eigenvalue weighted by Crippen LogP contribution is -2.33. The van der Waals surface area contributed by atoms with Gasteiger partial charge >= 0.3 is 0 Å². The molecule has 1 rings (SSSR count). The van der Waals surface area contributed by atoms with Crippen LogP contribution in [0.3, 0.4) is 0 Å². The number of hydrogen-bond donors (Lipinski definition) is 1. The van der Waals surface area contributed by atoms with Gasteiger partial charge in [0, 0.05) is 51.4 Å². The number of ether oxygens (including phenoxy) is 1. The summed E-state index contributed by atoms with van der Waals surface area (Å²) in [4.78, 5) is 36.5. The number of methoxy groups -OCH3 is 1. The van der Waals surface area contributed by atoms with Gasteiger partial charge in [-0.25, -0.2) is 0 Å². The van der Waals surface area contributed by atoms with Crippen molar-refractivity contribution < 1.29 is 19.1 Å². The van der Waals surface area contributed by atoms with Crippen LogP contribution in [0.2, 0.25) is 0 Å². The zero-order chi connectivity index (χ0) is 17.2. The number of carbonyl (C=O) groups is 3. The Balaban J connectivity index is 2.50. The van der Waals surface area contributed by atoms with Crippen molar-refractivity contribution in [1.82, 2.24) is 4.90 Å². The highest BCUT2D eigenvalue weighted by Crippen LogP contribution is 2.11. The van der Waals surface area contributed by atoms with Crippen molar-refractivity contribution >= 4 is 23.3 Å². The molecule has 1 aromatic rings. The van der Waals surface area contributed by atoms with E-state index in [2.05, 4.69) is 5.32 Å². The molecule has 0 bridgehead atoms. The molecule has 0 saturated carbocycles. The molecule has 0 fully saturated rings. The SMILES string of the molecule is COCCCN(CCC(=O)Nc1cccc(C(C)=O)c1)C(C)=O. The van der Waals surface area contributed by atoms with Gasteiger partial charge in [-0.2, -0.15) is 0 Å². The molecule has 126 valence electrons. The summed E-state index contributed by atoms with van der Waals surface area (Å²) in [5.41, 5.74) is 1.13. The van der Waals surface area contributed by atoms with E-state index in [4.69, 9.17) is 4.74 Å². The van der Waals surface area contributed by atoms with Crippen LogP contribution in [-0.4, -0.2) is 49.3 Å². The first-order valence-electron chi connectivity index (χ1n) is 7.59. The first-order chi connectivity index (χ1) is 10.9. The third-order valence-corrected chi connectivity index (χ3v) is 3.38. The van der Waals surface area contributed by atoms with Gasteiger partial charge in [0.2, 0.25) is 11.8 Å². The topological polar surface area (TPSA) is 75.7 Å². The average Bonchev–Trinajstić information content (AvgIpc) is 2.50. The van der Waals surface area contributed by atoms with Crippen molar-refractivity contribution in [2.45, 2.75) is 26.7 Å². The summed E-state index contributed by atoms with van der Waals surface area (Å²) >= 11 is 0. The second-order valence-corrected chi connectivity index (χ2v) is 5.29. The number of amides is 2. The number of anilines is 1. The molecule has 0 aromatic heterocycles. The molecule has 1 aromatic carbocycles. The highest BCUT2D eigenvalue weighted by molar-refractivity contribution is 5.97. The van der Waals surface area contributed by atoms with Crippen molar-refractivity contribution in [1.29, 1.82) is 0 Å². The van der Waals surface area contributed by atoms with Crippen molar-refractivity contribution in [3.05, 3.63) is 29.8 Å². The van der Waals surface area contributed by atoms with E-state index in [-0.39, 0.29) is 24.0 Å². The molecule has 0 aliphatic carbocycles. The van der Waals surface area contributed by atoms with Crippen LogP contribution >= 0.6 is 0 Å². The number of Topliss-reactive ketones (excluding diaryl/α,β-unsaturated/α-hetero) is 1. The summed E-state index contributed by atoms with van der Waals surface area (Å²) in [6.45, 7) is 4.47. The van der Waals surface area contributed by atoms with Crippen molar-refractivity contribution in [3.63, 3.8) is 0 Å². The summed E-state index contributed by atoms with van der Waals surface area (Å²) in [7, 11) is 1.61. The van der Waals surface area contributed by atoms with Gasteiger partial charge in [0.1, 0.15) is 0 Å². The van der Waals surface area contributed by atoms with Gasteiger partial charge in [0.15, 0.2) is 5.78 Å². The van der Waals surface area contributed by atoms with Crippen molar-refractivity contribution in [3.8, 4) is 0 Å². The summed E-state index contributed by atoms with van der Waals surface area (Å²) in [6, 6.07) is 6.79. The zero-order valence-corrected chi connectivity index (χ0v) is 13.9. The molecule has 6 nitrogen and oxygen atoms in total. The monoisotopic (exact) mass is 320 g/mol. The molecule has 0 aliphatic rings. The summed E-state index contributed by atoms with van der Waals surface area (Å²) in [5, 5.41) is 2.74. The summed E-state index contributed by atoms with van der Waals surface area (Å²) in [5.74, 6) is -0.307. The van der Waals surface area contributed by atoms with Gasteiger partial charge in [0.25, 0.3) is 0 Å².